The summed E-state index contributed by atoms with van der Waals surface area (Å²) in [6, 6.07) is 0. The SMILES string of the molecule is CCCCCCCOCCC1OC(CO)C(O)C(O)C1O. The van der Waals surface area contributed by atoms with Gasteiger partial charge in [-0.25, -0.2) is 0 Å². The number of hydrogen-bond donors (Lipinski definition) is 4. The number of ether oxygens (including phenoxy) is 2. The van der Waals surface area contributed by atoms with Crippen LogP contribution in [0.5, 0.6) is 0 Å². The number of rotatable bonds is 10. The molecule has 1 rings (SSSR count). The summed E-state index contributed by atoms with van der Waals surface area (Å²) in [4.78, 5) is 0. The summed E-state index contributed by atoms with van der Waals surface area (Å²) < 4.78 is 10.9. The Hall–Kier alpha value is -0.240. The van der Waals surface area contributed by atoms with E-state index in [4.69, 9.17) is 14.6 Å². The van der Waals surface area contributed by atoms with E-state index in [2.05, 4.69) is 6.92 Å². The van der Waals surface area contributed by atoms with Gasteiger partial charge in [0.2, 0.25) is 0 Å². The lowest BCUT2D eigenvalue weighted by atomic mass is 9.94. The molecule has 6 nitrogen and oxygen atoms in total. The Bertz CT molecular complexity index is 261. The summed E-state index contributed by atoms with van der Waals surface area (Å²) >= 11 is 0. The first-order valence-electron chi connectivity index (χ1n) is 8.00. The Morgan fingerprint density at radius 2 is 1.52 bits per heavy atom. The van der Waals surface area contributed by atoms with Gasteiger partial charge in [-0.3, -0.25) is 0 Å². The van der Waals surface area contributed by atoms with E-state index >= 15 is 0 Å². The maximum atomic E-state index is 9.85. The first-order valence-corrected chi connectivity index (χ1v) is 8.00. The fourth-order valence-electron chi connectivity index (χ4n) is 2.53. The molecular formula is C15H30O6. The predicted molar refractivity (Wildman–Crippen MR) is 78.0 cm³/mol. The smallest absolute Gasteiger partial charge is 0.111 e. The molecule has 0 aromatic rings. The summed E-state index contributed by atoms with van der Waals surface area (Å²) in [5.41, 5.74) is 0. The second-order valence-corrected chi connectivity index (χ2v) is 5.68. The van der Waals surface area contributed by atoms with Crippen molar-refractivity contribution in [2.45, 2.75) is 76.0 Å². The summed E-state index contributed by atoms with van der Waals surface area (Å²) in [5, 5.41) is 38.3. The van der Waals surface area contributed by atoms with E-state index in [0.717, 1.165) is 12.8 Å². The molecule has 0 amide bonds. The van der Waals surface area contributed by atoms with Gasteiger partial charge < -0.3 is 29.9 Å². The first-order chi connectivity index (χ1) is 10.1. The lowest BCUT2D eigenvalue weighted by Gasteiger charge is -2.40. The van der Waals surface area contributed by atoms with E-state index in [-0.39, 0.29) is 6.61 Å². The van der Waals surface area contributed by atoms with Crippen molar-refractivity contribution in [1.29, 1.82) is 0 Å². The van der Waals surface area contributed by atoms with Gasteiger partial charge >= 0.3 is 0 Å². The highest BCUT2D eigenvalue weighted by molar-refractivity contribution is 4.91. The average Bonchev–Trinajstić information content (AvgIpc) is 2.49. The van der Waals surface area contributed by atoms with Gasteiger partial charge in [-0.1, -0.05) is 32.6 Å². The summed E-state index contributed by atoms with van der Waals surface area (Å²) in [5.74, 6) is 0. The molecule has 0 radical (unpaired) electrons. The van der Waals surface area contributed by atoms with Gasteiger partial charge in [-0.2, -0.15) is 0 Å². The molecule has 1 fully saturated rings. The third-order valence-corrected chi connectivity index (χ3v) is 3.93. The monoisotopic (exact) mass is 306 g/mol. The van der Waals surface area contributed by atoms with Crippen LogP contribution in [-0.4, -0.2) is 70.8 Å². The van der Waals surface area contributed by atoms with Crippen LogP contribution in [0.1, 0.15) is 45.4 Å². The maximum Gasteiger partial charge on any atom is 0.111 e. The Kier molecular flexibility index (Phi) is 9.39. The fraction of sp³-hybridized carbons (Fsp3) is 1.00. The first kappa shape index (κ1) is 18.8. The van der Waals surface area contributed by atoms with Crippen molar-refractivity contribution in [3.05, 3.63) is 0 Å². The molecule has 0 spiro atoms. The molecule has 1 saturated heterocycles. The van der Waals surface area contributed by atoms with E-state index in [1.807, 2.05) is 0 Å². The van der Waals surface area contributed by atoms with E-state index < -0.39 is 30.5 Å². The molecular weight excluding hydrogens is 276 g/mol. The Labute approximate surface area is 126 Å². The Balaban J connectivity index is 2.16. The van der Waals surface area contributed by atoms with Gasteiger partial charge in [0.15, 0.2) is 0 Å². The molecule has 0 aromatic heterocycles. The van der Waals surface area contributed by atoms with Gasteiger partial charge in [-0.05, 0) is 12.8 Å². The summed E-state index contributed by atoms with van der Waals surface area (Å²) in [6.45, 7) is 2.90. The third-order valence-electron chi connectivity index (χ3n) is 3.93. The highest BCUT2D eigenvalue weighted by atomic mass is 16.5. The van der Waals surface area contributed by atoms with Gasteiger partial charge in [0.25, 0.3) is 0 Å². The normalized spacial score (nSPS) is 33.3. The highest BCUT2D eigenvalue weighted by Gasteiger charge is 2.42. The van der Waals surface area contributed by atoms with Crippen LogP contribution in [0.15, 0.2) is 0 Å². The van der Waals surface area contributed by atoms with E-state index in [9.17, 15) is 15.3 Å². The molecule has 1 heterocycles. The summed E-state index contributed by atoms with van der Waals surface area (Å²) in [7, 11) is 0. The maximum absolute atomic E-state index is 9.85. The van der Waals surface area contributed by atoms with Crippen molar-refractivity contribution in [3.8, 4) is 0 Å². The number of hydrogen-bond acceptors (Lipinski definition) is 6. The minimum absolute atomic E-state index is 0.389. The van der Waals surface area contributed by atoms with Crippen molar-refractivity contribution in [2.24, 2.45) is 0 Å². The number of aliphatic hydroxyl groups is 4. The molecule has 1 aliphatic heterocycles. The molecule has 126 valence electrons. The zero-order valence-corrected chi connectivity index (χ0v) is 12.9. The van der Waals surface area contributed by atoms with Crippen LogP contribution in [0.4, 0.5) is 0 Å². The van der Waals surface area contributed by atoms with Crippen LogP contribution in [0.2, 0.25) is 0 Å². The van der Waals surface area contributed by atoms with E-state index in [1.54, 1.807) is 0 Å². The number of aliphatic hydroxyl groups excluding tert-OH is 4. The van der Waals surface area contributed by atoms with Crippen molar-refractivity contribution in [2.75, 3.05) is 19.8 Å². The van der Waals surface area contributed by atoms with Gasteiger partial charge in [0.05, 0.1) is 12.7 Å². The van der Waals surface area contributed by atoms with Crippen LogP contribution in [0, 0.1) is 0 Å². The van der Waals surface area contributed by atoms with Crippen LogP contribution >= 0.6 is 0 Å². The predicted octanol–water partition coefficient (Wildman–Crippen LogP) is 0.206. The second kappa shape index (κ2) is 10.5. The lowest BCUT2D eigenvalue weighted by molar-refractivity contribution is -0.232. The molecule has 1 aliphatic rings. The second-order valence-electron chi connectivity index (χ2n) is 5.68. The van der Waals surface area contributed by atoms with Crippen molar-refractivity contribution >= 4 is 0 Å². The van der Waals surface area contributed by atoms with E-state index in [0.29, 0.717) is 19.6 Å². The van der Waals surface area contributed by atoms with Crippen molar-refractivity contribution in [1.82, 2.24) is 0 Å². The van der Waals surface area contributed by atoms with Gasteiger partial charge in [0.1, 0.15) is 24.4 Å². The molecule has 5 atom stereocenters. The molecule has 4 N–H and O–H groups in total. The van der Waals surface area contributed by atoms with Crippen LogP contribution < -0.4 is 0 Å². The van der Waals surface area contributed by atoms with Crippen LogP contribution in [0.25, 0.3) is 0 Å². The Morgan fingerprint density at radius 3 is 2.19 bits per heavy atom. The topological polar surface area (TPSA) is 99.4 Å². The fourth-order valence-corrected chi connectivity index (χ4v) is 2.53. The van der Waals surface area contributed by atoms with Gasteiger partial charge in [0, 0.05) is 13.2 Å². The van der Waals surface area contributed by atoms with Crippen LogP contribution in [0.3, 0.4) is 0 Å². The molecule has 0 aromatic carbocycles. The molecule has 0 aliphatic carbocycles. The molecule has 6 heteroatoms. The quantitative estimate of drug-likeness (QED) is 0.431. The molecule has 0 bridgehead atoms. The molecule has 5 unspecified atom stereocenters. The zero-order chi connectivity index (χ0) is 15.7. The Morgan fingerprint density at radius 1 is 0.857 bits per heavy atom. The van der Waals surface area contributed by atoms with Gasteiger partial charge in [-0.15, -0.1) is 0 Å². The third kappa shape index (κ3) is 6.18. The minimum atomic E-state index is -1.30. The number of unbranched alkanes of at least 4 members (excludes halogenated alkanes) is 4. The van der Waals surface area contributed by atoms with Crippen LogP contribution in [-0.2, 0) is 9.47 Å². The lowest BCUT2D eigenvalue weighted by Crippen LogP contribution is -2.58. The van der Waals surface area contributed by atoms with Crippen molar-refractivity contribution < 1.29 is 29.9 Å². The van der Waals surface area contributed by atoms with E-state index in [1.165, 1.54) is 19.3 Å². The highest BCUT2D eigenvalue weighted by Crippen LogP contribution is 2.23. The minimum Gasteiger partial charge on any atom is -0.394 e. The van der Waals surface area contributed by atoms with Crippen molar-refractivity contribution in [3.63, 3.8) is 0 Å². The largest absolute Gasteiger partial charge is 0.394 e. The molecule has 0 saturated carbocycles. The summed E-state index contributed by atoms with van der Waals surface area (Å²) in [6.07, 6.45) is 1.11. The molecule has 21 heavy (non-hydrogen) atoms. The standard InChI is InChI=1S/C15H30O6/c1-2-3-4-5-6-8-20-9-7-11-13(17)15(19)14(18)12(10-16)21-11/h11-19H,2-10H2,1H3. The average molecular weight is 306 g/mol. The zero-order valence-electron chi connectivity index (χ0n) is 12.9.